The summed E-state index contributed by atoms with van der Waals surface area (Å²) < 4.78 is 4.89. The first-order valence-corrected chi connectivity index (χ1v) is 12.4. The van der Waals surface area contributed by atoms with Crippen LogP contribution in [0.2, 0.25) is 0 Å². The molecule has 3 heterocycles. The summed E-state index contributed by atoms with van der Waals surface area (Å²) in [7, 11) is 1.36. The zero-order valence-electron chi connectivity index (χ0n) is 19.1. The monoisotopic (exact) mass is 473 g/mol. The fourth-order valence-electron chi connectivity index (χ4n) is 4.56. The van der Waals surface area contributed by atoms with E-state index >= 15 is 0 Å². The summed E-state index contributed by atoms with van der Waals surface area (Å²) in [5, 5.41) is 15.6. The van der Waals surface area contributed by atoms with Gasteiger partial charge in [0.15, 0.2) is 5.88 Å². The number of nitrogens with one attached hydrogen (secondary N) is 1. The Kier molecular flexibility index (Phi) is 6.47. The molecule has 4 aromatic rings. The Labute approximate surface area is 202 Å². The number of aliphatic imine (C=N–C) groups is 1. The highest BCUT2D eigenvalue weighted by Crippen LogP contribution is 2.33. The number of likely N-dealkylation sites (tertiary alicyclic amines) is 1. The predicted molar refractivity (Wildman–Crippen MR) is 136 cm³/mol. The molecule has 0 atom stereocenters. The Bertz CT molecular complexity index is 1330. The highest BCUT2D eigenvalue weighted by molar-refractivity contribution is 7.08. The second-order valence-corrected chi connectivity index (χ2v) is 9.36. The fraction of sp³-hybridized carbons (Fsp3) is 0.259. The Hall–Kier alpha value is -3.42. The number of esters is 1. The van der Waals surface area contributed by atoms with Crippen LogP contribution in [0, 0.1) is 0 Å². The Balaban J connectivity index is 1.59. The van der Waals surface area contributed by atoms with Crippen LogP contribution in [0.5, 0.6) is 5.88 Å². The second-order valence-electron chi connectivity index (χ2n) is 8.58. The number of hydrogen-bond donors (Lipinski definition) is 2. The first kappa shape index (κ1) is 22.4. The number of carbonyl (C=O) groups is 1. The molecule has 0 aliphatic carbocycles. The maximum absolute atomic E-state index is 12.1. The van der Waals surface area contributed by atoms with Gasteiger partial charge >= 0.3 is 5.97 Å². The number of carbonyl (C=O) groups excluding carboxylic acids is 1. The largest absolute Gasteiger partial charge is 0.494 e. The fourth-order valence-corrected chi connectivity index (χ4v) is 5.20. The van der Waals surface area contributed by atoms with Crippen molar-refractivity contribution in [1.82, 2.24) is 9.88 Å². The summed E-state index contributed by atoms with van der Waals surface area (Å²) in [6, 6.07) is 15.5. The maximum atomic E-state index is 12.1. The molecule has 0 radical (unpaired) electrons. The lowest BCUT2D eigenvalue weighted by molar-refractivity contribution is 0.0601. The summed E-state index contributed by atoms with van der Waals surface area (Å²) >= 11 is 1.57. The molecule has 0 amide bonds. The lowest BCUT2D eigenvalue weighted by Gasteiger charge is -2.26. The molecule has 2 aromatic heterocycles. The SMILES string of the molecule is COC(=O)c1ccc2[nH]c(O)c(C(=Nc3cccc(CN4CCCCC4)c3)c3ccsc3)c2c1. The van der Waals surface area contributed by atoms with Gasteiger partial charge in [0.25, 0.3) is 0 Å². The Morgan fingerprint density at radius 2 is 1.97 bits per heavy atom. The molecule has 0 bridgehead atoms. The summed E-state index contributed by atoms with van der Waals surface area (Å²) in [5.41, 5.74) is 5.33. The van der Waals surface area contributed by atoms with E-state index in [1.54, 1.807) is 29.5 Å². The van der Waals surface area contributed by atoms with Crippen molar-refractivity contribution in [2.75, 3.05) is 20.2 Å². The van der Waals surface area contributed by atoms with Crippen LogP contribution in [0.3, 0.4) is 0 Å². The minimum atomic E-state index is -0.423. The van der Waals surface area contributed by atoms with Crippen molar-refractivity contribution >= 4 is 39.6 Å². The molecule has 174 valence electrons. The van der Waals surface area contributed by atoms with Gasteiger partial charge in [-0.05, 0) is 73.3 Å². The summed E-state index contributed by atoms with van der Waals surface area (Å²) in [5.74, 6) is -0.403. The van der Waals surface area contributed by atoms with Crippen molar-refractivity contribution < 1.29 is 14.6 Å². The van der Waals surface area contributed by atoms with Crippen LogP contribution >= 0.6 is 11.3 Å². The van der Waals surface area contributed by atoms with E-state index in [1.807, 2.05) is 29.0 Å². The van der Waals surface area contributed by atoms with Gasteiger partial charge in [-0.25, -0.2) is 9.79 Å². The quantitative estimate of drug-likeness (QED) is 0.271. The normalized spacial score (nSPS) is 15.0. The molecule has 0 saturated carbocycles. The van der Waals surface area contributed by atoms with Gasteiger partial charge in [0.2, 0.25) is 0 Å². The van der Waals surface area contributed by atoms with Gasteiger partial charge < -0.3 is 14.8 Å². The van der Waals surface area contributed by atoms with Crippen LogP contribution in [0.25, 0.3) is 10.9 Å². The average molecular weight is 474 g/mol. The first-order chi connectivity index (χ1) is 16.6. The van der Waals surface area contributed by atoms with E-state index in [-0.39, 0.29) is 5.88 Å². The molecule has 2 aromatic carbocycles. The predicted octanol–water partition coefficient (Wildman–Crippen LogP) is 5.88. The topological polar surface area (TPSA) is 77.9 Å². The lowest BCUT2D eigenvalue weighted by atomic mass is 10.0. The smallest absolute Gasteiger partial charge is 0.337 e. The van der Waals surface area contributed by atoms with Gasteiger partial charge in [-0.3, -0.25) is 4.90 Å². The molecular weight excluding hydrogens is 446 g/mol. The number of nitrogens with zero attached hydrogens (tertiary/aromatic N) is 2. The Morgan fingerprint density at radius 3 is 2.74 bits per heavy atom. The van der Waals surface area contributed by atoms with Crippen LogP contribution < -0.4 is 0 Å². The number of ether oxygens (including phenoxy) is 1. The van der Waals surface area contributed by atoms with E-state index in [2.05, 4.69) is 22.0 Å². The van der Waals surface area contributed by atoms with Crippen molar-refractivity contribution in [3.63, 3.8) is 0 Å². The molecular formula is C27H27N3O3S. The zero-order chi connectivity index (χ0) is 23.5. The van der Waals surface area contributed by atoms with Gasteiger partial charge in [-0.2, -0.15) is 11.3 Å². The van der Waals surface area contributed by atoms with Gasteiger partial charge in [-0.1, -0.05) is 18.6 Å². The third kappa shape index (κ3) is 4.62. The molecule has 1 saturated heterocycles. The van der Waals surface area contributed by atoms with Gasteiger partial charge in [0.1, 0.15) is 0 Å². The van der Waals surface area contributed by atoms with E-state index in [0.717, 1.165) is 41.8 Å². The summed E-state index contributed by atoms with van der Waals surface area (Å²) in [6.45, 7) is 3.19. The number of aromatic hydroxyl groups is 1. The van der Waals surface area contributed by atoms with E-state index in [0.29, 0.717) is 16.8 Å². The second kappa shape index (κ2) is 9.83. The molecule has 2 N–H and O–H groups in total. The third-order valence-electron chi connectivity index (χ3n) is 6.24. The van der Waals surface area contributed by atoms with E-state index < -0.39 is 5.97 Å². The van der Waals surface area contributed by atoms with Crippen molar-refractivity contribution in [2.24, 2.45) is 4.99 Å². The molecule has 0 unspecified atom stereocenters. The number of benzene rings is 2. The number of hydrogen-bond acceptors (Lipinski definition) is 6. The van der Waals surface area contributed by atoms with Gasteiger partial charge in [-0.15, -0.1) is 0 Å². The number of piperidine rings is 1. The van der Waals surface area contributed by atoms with E-state index in [4.69, 9.17) is 9.73 Å². The lowest BCUT2D eigenvalue weighted by Crippen LogP contribution is -2.28. The molecule has 7 heteroatoms. The third-order valence-corrected chi connectivity index (χ3v) is 6.92. The van der Waals surface area contributed by atoms with Crippen LogP contribution in [0.4, 0.5) is 5.69 Å². The van der Waals surface area contributed by atoms with Crippen molar-refractivity contribution in [1.29, 1.82) is 0 Å². The molecule has 1 aliphatic rings. The van der Waals surface area contributed by atoms with Gasteiger partial charge in [0.05, 0.1) is 29.6 Å². The number of thiophene rings is 1. The molecule has 34 heavy (non-hydrogen) atoms. The minimum Gasteiger partial charge on any atom is -0.494 e. The van der Waals surface area contributed by atoms with E-state index in [9.17, 15) is 9.90 Å². The first-order valence-electron chi connectivity index (χ1n) is 11.5. The highest BCUT2D eigenvalue weighted by atomic mass is 32.1. The van der Waals surface area contributed by atoms with Gasteiger partial charge in [0, 0.05) is 28.4 Å². The molecule has 1 aliphatic heterocycles. The number of aromatic amines is 1. The zero-order valence-corrected chi connectivity index (χ0v) is 19.9. The van der Waals surface area contributed by atoms with Crippen LogP contribution in [0.1, 0.15) is 46.3 Å². The van der Waals surface area contributed by atoms with Crippen molar-refractivity contribution in [2.45, 2.75) is 25.8 Å². The maximum Gasteiger partial charge on any atom is 0.337 e. The standard InChI is InChI=1S/C27H27N3O3S/c1-33-27(32)19-8-9-23-22(15-19)24(26(31)29-23)25(20-10-13-34-17-20)28-21-7-5-6-18(14-21)16-30-11-3-2-4-12-30/h5-10,13-15,17,29,31H,2-4,11-12,16H2,1H3. The number of methoxy groups -OCH3 is 1. The van der Waals surface area contributed by atoms with Crippen LogP contribution in [0.15, 0.2) is 64.3 Å². The summed E-state index contributed by atoms with van der Waals surface area (Å²) in [4.78, 5) is 22.7. The summed E-state index contributed by atoms with van der Waals surface area (Å²) in [6.07, 6.45) is 3.83. The number of rotatable bonds is 6. The van der Waals surface area contributed by atoms with Crippen molar-refractivity contribution in [3.05, 3.63) is 81.5 Å². The van der Waals surface area contributed by atoms with Crippen LogP contribution in [-0.4, -0.2) is 46.9 Å². The molecule has 0 spiro atoms. The number of H-pyrrole nitrogens is 1. The van der Waals surface area contributed by atoms with E-state index in [1.165, 1.54) is 31.9 Å². The minimum absolute atomic E-state index is 0.0198. The van der Waals surface area contributed by atoms with Crippen LogP contribution in [-0.2, 0) is 11.3 Å². The molecule has 6 nitrogen and oxygen atoms in total. The average Bonchev–Trinajstić information content (AvgIpc) is 3.50. The van der Waals surface area contributed by atoms with Crippen molar-refractivity contribution in [3.8, 4) is 5.88 Å². The number of aromatic nitrogens is 1. The molecule has 5 rings (SSSR count). The number of fused-ring (bicyclic) bond motifs is 1. The highest BCUT2D eigenvalue weighted by Gasteiger charge is 2.21. The Morgan fingerprint density at radius 1 is 1.12 bits per heavy atom. The molecule has 1 fully saturated rings.